The average molecular weight is 266 g/mol. The molecular formula is C16H30N2O. The van der Waals surface area contributed by atoms with Crippen molar-refractivity contribution in [3.05, 3.63) is 0 Å². The summed E-state index contributed by atoms with van der Waals surface area (Å²) in [5, 5.41) is 3.22. The highest BCUT2D eigenvalue weighted by molar-refractivity contribution is 5.76. The zero-order valence-corrected chi connectivity index (χ0v) is 12.2. The third-order valence-corrected chi connectivity index (χ3v) is 5.02. The fraction of sp³-hybridized carbons (Fsp3) is 0.938. The van der Waals surface area contributed by atoms with Crippen LogP contribution in [0.1, 0.15) is 70.6 Å². The molecule has 0 radical (unpaired) electrons. The monoisotopic (exact) mass is 266 g/mol. The van der Waals surface area contributed by atoms with Crippen LogP contribution in [0.15, 0.2) is 0 Å². The van der Waals surface area contributed by atoms with E-state index in [1.165, 1.54) is 64.2 Å². The molecule has 0 aliphatic heterocycles. The molecule has 2 aliphatic carbocycles. The van der Waals surface area contributed by atoms with Gasteiger partial charge in [-0.05, 0) is 37.5 Å². The first-order valence-corrected chi connectivity index (χ1v) is 8.29. The minimum absolute atomic E-state index is 0.219. The van der Waals surface area contributed by atoms with Crippen LogP contribution in [-0.4, -0.2) is 18.5 Å². The second kappa shape index (κ2) is 7.88. The molecule has 3 heteroatoms. The van der Waals surface area contributed by atoms with Gasteiger partial charge in [-0.15, -0.1) is 0 Å². The molecule has 2 saturated carbocycles. The lowest BCUT2D eigenvalue weighted by atomic mass is 9.83. The van der Waals surface area contributed by atoms with Gasteiger partial charge in [-0.2, -0.15) is 0 Å². The first-order valence-electron chi connectivity index (χ1n) is 8.29. The zero-order chi connectivity index (χ0) is 13.5. The predicted molar refractivity (Wildman–Crippen MR) is 78.8 cm³/mol. The van der Waals surface area contributed by atoms with Gasteiger partial charge in [-0.1, -0.05) is 38.5 Å². The summed E-state index contributed by atoms with van der Waals surface area (Å²) in [5.74, 6) is 1.49. The molecule has 0 spiro atoms. The zero-order valence-electron chi connectivity index (χ0n) is 12.2. The van der Waals surface area contributed by atoms with Crippen molar-refractivity contribution in [2.75, 3.05) is 6.54 Å². The minimum Gasteiger partial charge on any atom is -0.352 e. The highest BCUT2D eigenvalue weighted by Gasteiger charge is 2.25. The first-order chi connectivity index (χ1) is 9.29. The molecule has 110 valence electrons. The van der Waals surface area contributed by atoms with E-state index < -0.39 is 0 Å². The van der Waals surface area contributed by atoms with Crippen LogP contribution in [-0.2, 0) is 4.79 Å². The van der Waals surface area contributed by atoms with Crippen LogP contribution < -0.4 is 11.1 Å². The Morgan fingerprint density at radius 1 is 1.00 bits per heavy atom. The van der Waals surface area contributed by atoms with Gasteiger partial charge < -0.3 is 11.1 Å². The van der Waals surface area contributed by atoms with Gasteiger partial charge in [0.05, 0.1) is 0 Å². The molecule has 0 heterocycles. The number of nitrogens with two attached hydrogens (primary N) is 1. The summed E-state index contributed by atoms with van der Waals surface area (Å²) in [5.41, 5.74) is 5.87. The van der Waals surface area contributed by atoms with E-state index in [2.05, 4.69) is 5.32 Å². The highest BCUT2D eigenvalue weighted by Crippen LogP contribution is 2.28. The Bertz CT molecular complexity index is 268. The number of amides is 1. The van der Waals surface area contributed by atoms with Gasteiger partial charge in [0.25, 0.3) is 0 Å². The Balaban J connectivity index is 1.74. The van der Waals surface area contributed by atoms with Crippen LogP contribution in [0.5, 0.6) is 0 Å². The number of rotatable bonds is 5. The van der Waals surface area contributed by atoms with Crippen molar-refractivity contribution in [1.29, 1.82) is 0 Å². The van der Waals surface area contributed by atoms with E-state index in [4.69, 9.17) is 5.73 Å². The van der Waals surface area contributed by atoms with Crippen molar-refractivity contribution < 1.29 is 4.79 Å². The van der Waals surface area contributed by atoms with Crippen molar-refractivity contribution in [2.24, 2.45) is 17.6 Å². The van der Waals surface area contributed by atoms with Crippen molar-refractivity contribution in [3.63, 3.8) is 0 Å². The van der Waals surface area contributed by atoms with Crippen molar-refractivity contribution >= 4 is 5.91 Å². The molecule has 2 fully saturated rings. The number of carbonyl (C=O) groups is 1. The molecule has 3 nitrogen and oxygen atoms in total. The Morgan fingerprint density at radius 2 is 1.58 bits per heavy atom. The molecule has 0 aromatic carbocycles. The van der Waals surface area contributed by atoms with Crippen LogP contribution in [0.3, 0.4) is 0 Å². The third kappa shape index (κ3) is 4.79. The summed E-state index contributed by atoms with van der Waals surface area (Å²) in [7, 11) is 0. The van der Waals surface area contributed by atoms with Gasteiger partial charge >= 0.3 is 0 Å². The van der Waals surface area contributed by atoms with E-state index in [-0.39, 0.29) is 11.9 Å². The Morgan fingerprint density at radius 3 is 2.16 bits per heavy atom. The van der Waals surface area contributed by atoms with E-state index in [1.54, 1.807) is 0 Å². The molecular weight excluding hydrogens is 236 g/mol. The van der Waals surface area contributed by atoms with Gasteiger partial charge in [0, 0.05) is 19.0 Å². The molecule has 19 heavy (non-hydrogen) atoms. The smallest absolute Gasteiger partial charge is 0.220 e. The molecule has 3 N–H and O–H groups in total. The lowest BCUT2D eigenvalue weighted by molar-refractivity contribution is -0.123. The molecule has 0 aromatic heterocycles. The van der Waals surface area contributed by atoms with Crippen LogP contribution in [0.4, 0.5) is 0 Å². The Hall–Kier alpha value is -0.570. The SMILES string of the molecule is NCC(NC(=O)CC1CCCCC1)C1CCCCC1. The van der Waals surface area contributed by atoms with Crippen molar-refractivity contribution in [2.45, 2.75) is 76.7 Å². The van der Waals surface area contributed by atoms with Crippen LogP contribution in [0, 0.1) is 11.8 Å². The summed E-state index contributed by atoms with van der Waals surface area (Å²) >= 11 is 0. The molecule has 0 saturated heterocycles. The molecule has 2 aliphatic rings. The summed E-state index contributed by atoms with van der Waals surface area (Å²) < 4.78 is 0. The normalized spacial score (nSPS) is 24.1. The highest BCUT2D eigenvalue weighted by atomic mass is 16.1. The standard InChI is InChI=1S/C16H30N2O/c17-12-15(14-9-5-2-6-10-14)18-16(19)11-13-7-3-1-4-8-13/h13-15H,1-12,17H2,(H,18,19). The summed E-state index contributed by atoms with van der Waals surface area (Å²) in [6, 6.07) is 0.219. The number of nitrogens with one attached hydrogen (secondary N) is 1. The van der Waals surface area contributed by atoms with Crippen LogP contribution in [0.25, 0.3) is 0 Å². The minimum atomic E-state index is 0.219. The fourth-order valence-corrected chi connectivity index (χ4v) is 3.82. The maximum atomic E-state index is 12.2. The summed E-state index contributed by atoms with van der Waals surface area (Å²) in [6.45, 7) is 0.598. The largest absolute Gasteiger partial charge is 0.352 e. The van der Waals surface area contributed by atoms with Gasteiger partial charge in [-0.3, -0.25) is 4.79 Å². The van der Waals surface area contributed by atoms with Crippen molar-refractivity contribution in [1.82, 2.24) is 5.32 Å². The van der Waals surface area contributed by atoms with Crippen LogP contribution >= 0.6 is 0 Å². The maximum absolute atomic E-state index is 12.2. The van der Waals surface area contributed by atoms with Gasteiger partial charge in [-0.25, -0.2) is 0 Å². The number of hydrogen-bond acceptors (Lipinski definition) is 2. The lowest BCUT2D eigenvalue weighted by Crippen LogP contribution is -2.46. The fourth-order valence-electron chi connectivity index (χ4n) is 3.82. The first kappa shape index (κ1) is 14.8. The molecule has 1 unspecified atom stereocenters. The summed E-state index contributed by atoms with van der Waals surface area (Å²) in [4.78, 5) is 12.2. The van der Waals surface area contributed by atoms with Crippen LogP contribution in [0.2, 0.25) is 0 Å². The second-order valence-electron chi connectivity index (χ2n) is 6.52. The average Bonchev–Trinajstić information content (AvgIpc) is 2.47. The van der Waals surface area contributed by atoms with E-state index in [0.29, 0.717) is 18.4 Å². The molecule has 0 aromatic rings. The van der Waals surface area contributed by atoms with Gasteiger partial charge in [0.15, 0.2) is 0 Å². The molecule has 1 amide bonds. The Kier molecular flexibility index (Phi) is 6.15. The molecule has 1 atom stereocenters. The third-order valence-electron chi connectivity index (χ3n) is 5.02. The maximum Gasteiger partial charge on any atom is 0.220 e. The van der Waals surface area contributed by atoms with E-state index in [1.807, 2.05) is 0 Å². The topological polar surface area (TPSA) is 55.1 Å². The summed E-state index contributed by atoms with van der Waals surface area (Å²) in [6.07, 6.45) is 13.6. The lowest BCUT2D eigenvalue weighted by Gasteiger charge is -2.31. The van der Waals surface area contributed by atoms with E-state index in [0.717, 1.165) is 6.42 Å². The predicted octanol–water partition coefficient (Wildman–Crippen LogP) is 2.98. The number of hydrogen-bond donors (Lipinski definition) is 2. The molecule has 2 rings (SSSR count). The van der Waals surface area contributed by atoms with Gasteiger partial charge in [0.2, 0.25) is 5.91 Å². The van der Waals surface area contributed by atoms with Crippen molar-refractivity contribution in [3.8, 4) is 0 Å². The quantitative estimate of drug-likeness (QED) is 0.803. The second-order valence-corrected chi connectivity index (χ2v) is 6.52. The van der Waals surface area contributed by atoms with Gasteiger partial charge in [0.1, 0.15) is 0 Å². The molecule has 0 bridgehead atoms. The van der Waals surface area contributed by atoms with E-state index >= 15 is 0 Å². The van der Waals surface area contributed by atoms with E-state index in [9.17, 15) is 4.79 Å². The Labute approximate surface area is 117 Å². The number of carbonyl (C=O) groups excluding carboxylic acids is 1.